The fourth-order valence-corrected chi connectivity index (χ4v) is 2.43. The van der Waals surface area contributed by atoms with Crippen LogP contribution in [0.25, 0.3) is 0 Å². The summed E-state index contributed by atoms with van der Waals surface area (Å²) in [6.07, 6.45) is 0.288. The lowest BCUT2D eigenvalue weighted by molar-refractivity contribution is 0.515. The van der Waals surface area contributed by atoms with Gasteiger partial charge in [0.25, 0.3) is 0 Å². The van der Waals surface area contributed by atoms with Crippen molar-refractivity contribution >= 4 is 0 Å². The Bertz CT molecular complexity index is 570. The maximum absolute atomic E-state index is 13.8. The van der Waals surface area contributed by atoms with Crippen LogP contribution >= 0.6 is 0 Å². The van der Waals surface area contributed by atoms with Gasteiger partial charge >= 0.3 is 0 Å². The van der Waals surface area contributed by atoms with Crippen LogP contribution in [0.5, 0.6) is 0 Å². The third-order valence-electron chi connectivity index (χ3n) is 3.82. The fourth-order valence-electron chi connectivity index (χ4n) is 2.43. The summed E-state index contributed by atoms with van der Waals surface area (Å²) < 4.78 is 27.5. The minimum absolute atomic E-state index is 0.113. The molecule has 0 aliphatic rings. The highest BCUT2D eigenvalue weighted by molar-refractivity contribution is 5.29. The number of benzene rings is 2. The topological polar surface area (TPSA) is 12.0 Å². The van der Waals surface area contributed by atoms with E-state index in [2.05, 4.69) is 31.3 Å². The molecule has 2 aromatic carbocycles. The van der Waals surface area contributed by atoms with Crippen molar-refractivity contribution in [3.63, 3.8) is 0 Å². The summed E-state index contributed by atoms with van der Waals surface area (Å²) in [6.45, 7) is 4.28. The van der Waals surface area contributed by atoms with Gasteiger partial charge in [-0.2, -0.15) is 0 Å². The Morgan fingerprint density at radius 1 is 0.905 bits per heavy atom. The van der Waals surface area contributed by atoms with E-state index in [0.717, 1.165) is 5.56 Å². The van der Waals surface area contributed by atoms with E-state index in [1.165, 1.54) is 23.8 Å². The van der Waals surface area contributed by atoms with Crippen LogP contribution in [0.1, 0.15) is 42.5 Å². The maximum Gasteiger partial charge on any atom is 0.129 e. The second-order valence-corrected chi connectivity index (χ2v) is 5.57. The van der Waals surface area contributed by atoms with E-state index in [1.54, 1.807) is 7.05 Å². The van der Waals surface area contributed by atoms with Crippen LogP contribution in [0.4, 0.5) is 8.78 Å². The summed E-state index contributed by atoms with van der Waals surface area (Å²) >= 11 is 0. The third kappa shape index (κ3) is 3.67. The molecule has 0 aliphatic heterocycles. The van der Waals surface area contributed by atoms with Crippen molar-refractivity contribution in [2.45, 2.75) is 32.2 Å². The van der Waals surface area contributed by atoms with E-state index in [4.69, 9.17) is 0 Å². The molecule has 3 heteroatoms. The zero-order valence-corrected chi connectivity index (χ0v) is 12.7. The molecule has 1 N–H and O–H groups in total. The van der Waals surface area contributed by atoms with Crippen LogP contribution in [-0.4, -0.2) is 7.05 Å². The summed E-state index contributed by atoms with van der Waals surface area (Å²) in [4.78, 5) is 0. The number of halogens is 2. The Labute approximate surface area is 125 Å². The smallest absolute Gasteiger partial charge is 0.129 e. The average molecular weight is 289 g/mol. The Morgan fingerprint density at radius 3 is 1.90 bits per heavy atom. The predicted molar refractivity (Wildman–Crippen MR) is 82.4 cm³/mol. The Kier molecular flexibility index (Phi) is 5.07. The van der Waals surface area contributed by atoms with Crippen LogP contribution in [0, 0.1) is 11.6 Å². The zero-order valence-electron chi connectivity index (χ0n) is 12.7. The normalized spacial score (nSPS) is 12.7. The largest absolute Gasteiger partial charge is 0.313 e. The summed E-state index contributed by atoms with van der Waals surface area (Å²) in [5, 5.41) is 3.14. The summed E-state index contributed by atoms with van der Waals surface area (Å²) in [5.41, 5.74) is 2.42. The van der Waals surface area contributed by atoms with Crippen molar-refractivity contribution < 1.29 is 8.78 Å². The van der Waals surface area contributed by atoms with Crippen LogP contribution in [0.3, 0.4) is 0 Å². The molecule has 1 nitrogen and oxygen atoms in total. The third-order valence-corrected chi connectivity index (χ3v) is 3.82. The maximum atomic E-state index is 13.8. The molecular weight excluding hydrogens is 268 g/mol. The van der Waals surface area contributed by atoms with Gasteiger partial charge in [0.15, 0.2) is 0 Å². The molecule has 21 heavy (non-hydrogen) atoms. The quantitative estimate of drug-likeness (QED) is 0.848. The molecule has 0 aromatic heterocycles. The minimum atomic E-state index is -0.492. The van der Waals surface area contributed by atoms with E-state index in [-0.39, 0.29) is 18.0 Å². The molecule has 2 aromatic rings. The van der Waals surface area contributed by atoms with E-state index in [1.807, 2.05) is 12.1 Å². The molecule has 0 amide bonds. The SMILES string of the molecule is CNC(Cc1c(F)cccc1F)c1ccc(C(C)C)cc1. The number of nitrogens with one attached hydrogen (secondary N) is 1. The van der Waals surface area contributed by atoms with Crippen molar-refractivity contribution in [2.24, 2.45) is 0 Å². The highest BCUT2D eigenvalue weighted by Crippen LogP contribution is 2.24. The van der Waals surface area contributed by atoms with Gasteiger partial charge in [-0.1, -0.05) is 44.2 Å². The molecule has 0 bridgehead atoms. The summed E-state index contributed by atoms with van der Waals surface area (Å²) in [5.74, 6) is -0.515. The van der Waals surface area contributed by atoms with Gasteiger partial charge in [0, 0.05) is 11.6 Å². The lowest BCUT2D eigenvalue weighted by Gasteiger charge is -2.18. The molecule has 0 spiro atoms. The minimum Gasteiger partial charge on any atom is -0.313 e. The number of hydrogen-bond acceptors (Lipinski definition) is 1. The van der Waals surface area contributed by atoms with Crippen LogP contribution in [-0.2, 0) is 6.42 Å². The molecule has 0 radical (unpaired) electrons. The van der Waals surface area contributed by atoms with Gasteiger partial charge in [-0.25, -0.2) is 8.78 Å². The molecule has 0 saturated carbocycles. The van der Waals surface area contributed by atoms with Crippen LogP contribution in [0.15, 0.2) is 42.5 Å². The zero-order chi connectivity index (χ0) is 15.4. The summed E-state index contributed by atoms with van der Waals surface area (Å²) in [6, 6.07) is 12.1. The summed E-state index contributed by atoms with van der Waals surface area (Å²) in [7, 11) is 1.81. The molecule has 112 valence electrons. The fraction of sp³-hybridized carbons (Fsp3) is 0.333. The van der Waals surface area contributed by atoms with Crippen LogP contribution in [0.2, 0.25) is 0 Å². The van der Waals surface area contributed by atoms with Crippen molar-refractivity contribution in [1.29, 1.82) is 0 Å². The highest BCUT2D eigenvalue weighted by atomic mass is 19.1. The molecular formula is C18H21F2N. The average Bonchev–Trinajstić information content (AvgIpc) is 2.47. The standard InChI is InChI=1S/C18H21F2N/c1-12(2)13-7-9-14(10-8-13)18(21-3)11-15-16(19)5-4-6-17(15)20/h4-10,12,18,21H,11H2,1-3H3. The number of hydrogen-bond donors (Lipinski definition) is 1. The molecule has 0 heterocycles. The highest BCUT2D eigenvalue weighted by Gasteiger charge is 2.16. The first-order valence-corrected chi connectivity index (χ1v) is 7.23. The van der Waals surface area contributed by atoms with Gasteiger partial charge in [0.05, 0.1) is 0 Å². The molecule has 0 fully saturated rings. The van der Waals surface area contributed by atoms with Crippen molar-refractivity contribution in [2.75, 3.05) is 7.05 Å². The Hall–Kier alpha value is -1.74. The first-order chi connectivity index (χ1) is 10.0. The Balaban J connectivity index is 2.24. The lowest BCUT2D eigenvalue weighted by atomic mass is 9.95. The van der Waals surface area contributed by atoms with Gasteiger partial charge < -0.3 is 5.32 Å². The van der Waals surface area contributed by atoms with Crippen molar-refractivity contribution in [3.8, 4) is 0 Å². The van der Waals surface area contributed by atoms with Gasteiger partial charge in [-0.15, -0.1) is 0 Å². The van der Waals surface area contributed by atoms with E-state index in [9.17, 15) is 8.78 Å². The van der Waals surface area contributed by atoms with Crippen molar-refractivity contribution in [1.82, 2.24) is 5.32 Å². The van der Waals surface area contributed by atoms with E-state index >= 15 is 0 Å². The molecule has 0 saturated heterocycles. The van der Waals surface area contributed by atoms with Gasteiger partial charge in [-0.3, -0.25) is 0 Å². The first-order valence-electron chi connectivity index (χ1n) is 7.23. The molecule has 2 rings (SSSR count). The number of likely N-dealkylation sites (N-methyl/N-ethyl adjacent to an activating group) is 1. The lowest BCUT2D eigenvalue weighted by Crippen LogP contribution is -2.20. The molecule has 0 aliphatic carbocycles. The first kappa shape index (κ1) is 15.6. The Morgan fingerprint density at radius 2 is 1.43 bits per heavy atom. The van der Waals surface area contributed by atoms with Crippen molar-refractivity contribution in [3.05, 3.63) is 70.8 Å². The van der Waals surface area contributed by atoms with Gasteiger partial charge in [0.2, 0.25) is 0 Å². The van der Waals surface area contributed by atoms with Crippen LogP contribution < -0.4 is 5.32 Å². The molecule has 1 atom stereocenters. The number of rotatable bonds is 5. The second-order valence-electron chi connectivity index (χ2n) is 5.57. The molecule has 1 unspecified atom stereocenters. The predicted octanol–water partition coefficient (Wildman–Crippen LogP) is 4.59. The second kappa shape index (κ2) is 6.81. The van der Waals surface area contributed by atoms with Gasteiger partial charge in [0.1, 0.15) is 11.6 Å². The monoisotopic (exact) mass is 289 g/mol. The van der Waals surface area contributed by atoms with E-state index in [0.29, 0.717) is 5.92 Å². The van der Waals surface area contributed by atoms with E-state index < -0.39 is 11.6 Å². The van der Waals surface area contributed by atoms with Gasteiger partial charge in [-0.05, 0) is 42.6 Å².